The number of rotatable bonds is 2. The number of ether oxygens (including phenoxy) is 1. The van der Waals surface area contributed by atoms with Crippen LogP contribution in [0.1, 0.15) is 5.69 Å². The van der Waals surface area contributed by atoms with Crippen molar-refractivity contribution >= 4 is 11.6 Å². The minimum atomic E-state index is -0.0608. The van der Waals surface area contributed by atoms with E-state index in [0.717, 1.165) is 22.6 Å². The molecular formula is C13H14N4O2. The highest BCUT2D eigenvalue weighted by atomic mass is 16.5. The van der Waals surface area contributed by atoms with Crippen molar-refractivity contribution in [2.75, 3.05) is 18.6 Å². The summed E-state index contributed by atoms with van der Waals surface area (Å²) >= 11 is 0. The maximum Gasteiger partial charge on any atom is 0.264 e. The topological polar surface area (TPSA) is 84.2 Å². The van der Waals surface area contributed by atoms with E-state index in [-0.39, 0.29) is 12.5 Å². The highest BCUT2D eigenvalue weighted by Gasteiger charge is 2.22. The highest BCUT2D eigenvalue weighted by Crippen LogP contribution is 2.34. The average Bonchev–Trinajstić information content (AvgIpc) is 2.92. The second kappa shape index (κ2) is 4.40. The molecule has 2 heterocycles. The van der Waals surface area contributed by atoms with E-state index in [4.69, 9.17) is 10.5 Å². The maximum atomic E-state index is 11.6. The summed E-state index contributed by atoms with van der Waals surface area (Å²) in [5.41, 5.74) is 8.89. The Morgan fingerprint density at radius 1 is 1.47 bits per heavy atom. The molecule has 1 aromatic heterocycles. The van der Waals surface area contributed by atoms with Crippen LogP contribution >= 0.6 is 0 Å². The van der Waals surface area contributed by atoms with Crippen LogP contribution in [0.2, 0.25) is 0 Å². The third kappa shape index (κ3) is 1.96. The molecule has 0 spiro atoms. The number of carbonyl (C=O) groups excluding carboxylic acids is 1. The Morgan fingerprint density at radius 3 is 3.05 bits per heavy atom. The summed E-state index contributed by atoms with van der Waals surface area (Å²) in [4.78, 5) is 13.2. The van der Waals surface area contributed by atoms with Gasteiger partial charge in [0.05, 0.1) is 11.4 Å². The van der Waals surface area contributed by atoms with Gasteiger partial charge in [-0.3, -0.25) is 9.89 Å². The van der Waals surface area contributed by atoms with Gasteiger partial charge >= 0.3 is 0 Å². The van der Waals surface area contributed by atoms with E-state index in [1.54, 1.807) is 11.9 Å². The van der Waals surface area contributed by atoms with Crippen molar-refractivity contribution in [1.29, 1.82) is 0 Å². The normalized spacial score (nSPS) is 14.2. The van der Waals surface area contributed by atoms with Crippen molar-refractivity contribution in [3.63, 3.8) is 0 Å². The van der Waals surface area contributed by atoms with E-state index < -0.39 is 0 Å². The van der Waals surface area contributed by atoms with Crippen LogP contribution in [0, 0.1) is 0 Å². The zero-order valence-corrected chi connectivity index (χ0v) is 10.5. The van der Waals surface area contributed by atoms with Gasteiger partial charge in [0.2, 0.25) is 0 Å². The number of fused-ring (bicyclic) bond motifs is 1. The fourth-order valence-corrected chi connectivity index (χ4v) is 2.05. The molecule has 1 aliphatic rings. The molecule has 0 radical (unpaired) electrons. The summed E-state index contributed by atoms with van der Waals surface area (Å²) in [7, 11) is 1.74. The van der Waals surface area contributed by atoms with Crippen molar-refractivity contribution in [2.45, 2.75) is 6.54 Å². The van der Waals surface area contributed by atoms with Crippen LogP contribution in [0.25, 0.3) is 11.3 Å². The smallest absolute Gasteiger partial charge is 0.264 e. The standard InChI is InChI=1S/C13H14N4O2/c1-17-11-4-8(10-5-9(6-14)15-16-10)2-3-12(11)19-7-13(17)18/h2-5H,6-7,14H2,1H3,(H,15,16). The van der Waals surface area contributed by atoms with Gasteiger partial charge in [-0.25, -0.2) is 0 Å². The quantitative estimate of drug-likeness (QED) is 0.837. The molecule has 0 aliphatic carbocycles. The van der Waals surface area contributed by atoms with E-state index >= 15 is 0 Å². The zero-order valence-electron chi connectivity index (χ0n) is 10.5. The van der Waals surface area contributed by atoms with Crippen molar-refractivity contribution < 1.29 is 9.53 Å². The lowest BCUT2D eigenvalue weighted by Crippen LogP contribution is -2.35. The summed E-state index contributed by atoms with van der Waals surface area (Å²) < 4.78 is 5.38. The molecule has 0 atom stereocenters. The van der Waals surface area contributed by atoms with Crippen LogP contribution in [-0.2, 0) is 11.3 Å². The predicted molar refractivity (Wildman–Crippen MR) is 70.8 cm³/mol. The lowest BCUT2D eigenvalue weighted by atomic mass is 10.1. The lowest BCUT2D eigenvalue weighted by Gasteiger charge is -2.26. The van der Waals surface area contributed by atoms with Crippen LogP contribution in [0.15, 0.2) is 24.3 Å². The van der Waals surface area contributed by atoms with Crippen molar-refractivity contribution in [3.05, 3.63) is 30.0 Å². The van der Waals surface area contributed by atoms with Crippen LogP contribution in [-0.4, -0.2) is 29.8 Å². The van der Waals surface area contributed by atoms with Crippen molar-refractivity contribution in [1.82, 2.24) is 10.2 Å². The number of likely N-dealkylation sites (N-methyl/N-ethyl adjacent to an activating group) is 1. The van der Waals surface area contributed by atoms with E-state index in [0.29, 0.717) is 12.3 Å². The predicted octanol–water partition coefficient (Wildman–Crippen LogP) is 0.891. The number of aromatic nitrogens is 2. The molecular weight excluding hydrogens is 244 g/mol. The Kier molecular flexibility index (Phi) is 2.72. The van der Waals surface area contributed by atoms with E-state index in [2.05, 4.69) is 10.2 Å². The molecule has 0 unspecified atom stereocenters. The first-order valence-corrected chi connectivity index (χ1v) is 5.97. The highest BCUT2D eigenvalue weighted by molar-refractivity contribution is 5.98. The minimum absolute atomic E-state index is 0.0608. The first-order valence-electron chi connectivity index (χ1n) is 5.97. The molecule has 19 heavy (non-hydrogen) atoms. The number of hydrogen-bond acceptors (Lipinski definition) is 4. The number of nitrogens with two attached hydrogens (primary N) is 1. The molecule has 3 N–H and O–H groups in total. The van der Waals surface area contributed by atoms with Crippen LogP contribution in [0.5, 0.6) is 5.75 Å². The molecule has 0 fully saturated rings. The Morgan fingerprint density at radius 2 is 2.32 bits per heavy atom. The van der Waals surface area contributed by atoms with E-state index in [1.165, 1.54) is 0 Å². The Hall–Kier alpha value is -2.34. The fourth-order valence-electron chi connectivity index (χ4n) is 2.05. The van der Waals surface area contributed by atoms with Gasteiger partial charge in [0.15, 0.2) is 6.61 Å². The summed E-state index contributed by atoms with van der Waals surface area (Å²) in [6.45, 7) is 0.502. The van der Waals surface area contributed by atoms with Crippen molar-refractivity contribution in [3.8, 4) is 17.0 Å². The molecule has 98 valence electrons. The summed E-state index contributed by atoms with van der Waals surface area (Å²) in [5.74, 6) is 0.648. The Labute approximate surface area is 110 Å². The van der Waals surface area contributed by atoms with Crippen molar-refractivity contribution in [2.24, 2.45) is 5.73 Å². The Bertz CT molecular complexity index is 635. The minimum Gasteiger partial charge on any atom is -0.482 e. The molecule has 6 heteroatoms. The average molecular weight is 258 g/mol. The van der Waals surface area contributed by atoms with Gasteiger partial charge in [0.25, 0.3) is 5.91 Å². The van der Waals surface area contributed by atoms with Crippen LogP contribution < -0.4 is 15.4 Å². The number of H-pyrrole nitrogens is 1. The number of amides is 1. The Balaban J connectivity index is 2.03. The van der Waals surface area contributed by atoms with Crippen LogP contribution in [0.4, 0.5) is 5.69 Å². The monoisotopic (exact) mass is 258 g/mol. The third-order valence-electron chi connectivity index (χ3n) is 3.19. The van der Waals surface area contributed by atoms with Gasteiger partial charge in [-0.1, -0.05) is 0 Å². The molecule has 0 saturated heterocycles. The third-order valence-corrected chi connectivity index (χ3v) is 3.19. The van der Waals surface area contributed by atoms with E-state index in [1.807, 2.05) is 24.3 Å². The van der Waals surface area contributed by atoms with Gasteiger partial charge in [0.1, 0.15) is 5.75 Å². The maximum absolute atomic E-state index is 11.6. The molecule has 1 amide bonds. The largest absolute Gasteiger partial charge is 0.482 e. The van der Waals surface area contributed by atoms with Gasteiger partial charge in [-0.15, -0.1) is 0 Å². The number of benzene rings is 1. The van der Waals surface area contributed by atoms with E-state index in [9.17, 15) is 4.79 Å². The summed E-state index contributed by atoms with van der Waals surface area (Å²) in [6, 6.07) is 7.56. The first-order chi connectivity index (χ1) is 9.19. The second-order valence-electron chi connectivity index (χ2n) is 4.41. The molecule has 6 nitrogen and oxygen atoms in total. The number of nitrogens with one attached hydrogen (secondary N) is 1. The molecule has 1 aromatic carbocycles. The SMILES string of the molecule is CN1C(=O)COc2ccc(-c3cc(CN)[nH]n3)cc21. The molecule has 0 saturated carbocycles. The van der Waals surface area contributed by atoms with Gasteiger partial charge in [-0.2, -0.15) is 5.10 Å². The summed E-state index contributed by atoms with van der Waals surface area (Å²) in [5, 5.41) is 7.07. The summed E-state index contributed by atoms with van der Waals surface area (Å²) in [6.07, 6.45) is 0. The lowest BCUT2D eigenvalue weighted by molar-refractivity contribution is -0.120. The molecule has 3 rings (SSSR count). The fraction of sp³-hybridized carbons (Fsp3) is 0.231. The van der Waals surface area contributed by atoms with Gasteiger partial charge in [-0.05, 0) is 24.3 Å². The number of anilines is 1. The molecule has 0 bridgehead atoms. The first kappa shape index (κ1) is 11.7. The zero-order chi connectivity index (χ0) is 13.4. The second-order valence-corrected chi connectivity index (χ2v) is 4.41. The number of hydrogen-bond donors (Lipinski definition) is 2. The van der Waals surface area contributed by atoms with Crippen LogP contribution in [0.3, 0.4) is 0 Å². The number of aromatic amines is 1. The van der Waals surface area contributed by atoms with Gasteiger partial charge < -0.3 is 15.4 Å². The number of carbonyl (C=O) groups is 1. The van der Waals surface area contributed by atoms with Gasteiger partial charge in [0, 0.05) is 24.8 Å². The molecule has 2 aromatic rings. The number of nitrogens with zero attached hydrogens (tertiary/aromatic N) is 2. The molecule has 1 aliphatic heterocycles.